The standard InChI is InChI=1S/C27H34ClNO4/c1-25(14-22-24(32)18-13-16(28)5-7-21(18)29-22)15(12-23(30)31)4-6-17-19(25)8-10-26(2)20(17)9-11-27(26,3)33/h5,7,13-15,17,19-20,29,33H,4,6,8-12H2,1-3H3,(H,30,31)/t15-,17-,19+,20+,25+,26+,27+/m1/s1. The molecular weight excluding hydrogens is 438 g/mol. The van der Waals surface area contributed by atoms with Crippen molar-refractivity contribution in [2.45, 2.75) is 71.3 Å². The van der Waals surface area contributed by atoms with E-state index in [-0.39, 0.29) is 29.5 Å². The number of carboxylic acids is 1. The summed E-state index contributed by atoms with van der Waals surface area (Å²) in [7, 11) is 0. The smallest absolute Gasteiger partial charge is 0.303 e. The third-order valence-electron chi connectivity index (χ3n) is 10.1. The fraction of sp³-hybridized carbons (Fsp3) is 0.630. The van der Waals surface area contributed by atoms with E-state index >= 15 is 0 Å². The quantitative estimate of drug-likeness (QED) is 0.476. The van der Waals surface area contributed by atoms with E-state index in [0.29, 0.717) is 28.1 Å². The second kappa shape index (κ2) is 7.58. The number of carbonyl (C=O) groups excluding carboxylic acids is 1. The highest BCUT2D eigenvalue weighted by Gasteiger charge is 2.62. The third-order valence-corrected chi connectivity index (χ3v) is 10.4. The normalized spacial score (nSPS) is 43.1. The first-order valence-corrected chi connectivity index (χ1v) is 12.6. The lowest BCUT2D eigenvalue weighted by atomic mass is 9.46. The van der Waals surface area contributed by atoms with Crippen LogP contribution in [0.25, 0.3) is 0 Å². The summed E-state index contributed by atoms with van der Waals surface area (Å²) in [6, 6.07) is 5.29. The molecule has 0 saturated heterocycles. The predicted octanol–water partition coefficient (Wildman–Crippen LogP) is 5.92. The highest BCUT2D eigenvalue weighted by atomic mass is 35.5. The molecule has 0 amide bonds. The molecule has 3 fully saturated rings. The number of hydrogen-bond donors (Lipinski definition) is 3. The van der Waals surface area contributed by atoms with Gasteiger partial charge in [-0.25, -0.2) is 0 Å². The summed E-state index contributed by atoms with van der Waals surface area (Å²) in [6.07, 6.45) is 7.70. The molecule has 0 bridgehead atoms. The molecule has 4 aliphatic rings. The van der Waals surface area contributed by atoms with E-state index < -0.39 is 17.0 Å². The second-order valence-corrected chi connectivity index (χ2v) is 12.0. The lowest BCUT2D eigenvalue weighted by molar-refractivity contribution is -0.145. The number of fused-ring (bicyclic) bond motifs is 4. The molecule has 178 valence electrons. The third kappa shape index (κ3) is 3.37. The Balaban J connectivity index is 1.54. The number of halogens is 1. The summed E-state index contributed by atoms with van der Waals surface area (Å²) in [6.45, 7) is 6.42. The van der Waals surface area contributed by atoms with Crippen LogP contribution in [-0.2, 0) is 4.79 Å². The number of carbonyl (C=O) groups is 2. The number of allylic oxidation sites excluding steroid dienone is 2. The molecule has 7 atom stereocenters. The fourth-order valence-corrected chi connectivity index (χ4v) is 8.22. The van der Waals surface area contributed by atoms with Crippen LogP contribution in [-0.4, -0.2) is 27.6 Å². The molecule has 1 aromatic carbocycles. The molecule has 5 nitrogen and oxygen atoms in total. The van der Waals surface area contributed by atoms with E-state index in [9.17, 15) is 19.8 Å². The second-order valence-electron chi connectivity index (χ2n) is 11.6. The highest BCUT2D eigenvalue weighted by Crippen LogP contribution is 2.67. The van der Waals surface area contributed by atoms with Crippen LogP contribution >= 0.6 is 11.6 Å². The van der Waals surface area contributed by atoms with Crippen LogP contribution in [0, 0.1) is 34.5 Å². The van der Waals surface area contributed by atoms with Gasteiger partial charge in [-0.05, 0) is 98.1 Å². The monoisotopic (exact) mass is 471 g/mol. The van der Waals surface area contributed by atoms with E-state index in [2.05, 4.69) is 25.2 Å². The number of Topliss-reactive ketones (excluding diaryl/α,β-unsaturated/α-hetero) is 1. The number of ketones is 1. The molecular formula is C27H34ClNO4. The van der Waals surface area contributed by atoms with E-state index in [1.54, 1.807) is 12.1 Å². The number of carboxylic acid groups (broad SMARTS) is 1. The summed E-state index contributed by atoms with van der Waals surface area (Å²) >= 11 is 6.13. The molecule has 0 aromatic heterocycles. The maximum atomic E-state index is 13.2. The summed E-state index contributed by atoms with van der Waals surface area (Å²) in [5, 5.41) is 24.7. The number of benzene rings is 1. The Kier molecular flexibility index (Phi) is 5.26. The van der Waals surface area contributed by atoms with Gasteiger partial charge in [0.1, 0.15) is 0 Å². The van der Waals surface area contributed by atoms with Gasteiger partial charge in [0.2, 0.25) is 5.78 Å². The van der Waals surface area contributed by atoms with Crippen LogP contribution in [0.15, 0.2) is 30.0 Å². The number of rotatable bonds is 3. The molecule has 3 saturated carbocycles. The molecule has 33 heavy (non-hydrogen) atoms. The minimum Gasteiger partial charge on any atom is -0.481 e. The van der Waals surface area contributed by atoms with Crippen LogP contribution < -0.4 is 5.32 Å². The molecule has 5 rings (SSSR count). The average molecular weight is 472 g/mol. The minimum atomic E-state index is -0.784. The fourth-order valence-electron chi connectivity index (χ4n) is 8.04. The molecule has 0 radical (unpaired) electrons. The Morgan fingerprint density at radius 3 is 2.61 bits per heavy atom. The van der Waals surface area contributed by atoms with Crippen molar-refractivity contribution >= 4 is 29.0 Å². The van der Waals surface area contributed by atoms with Gasteiger partial charge in [-0.1, -0.05) is 31.5 Å². The van der Waals surface area contributed by atoms with Crippen LogP contribution in [0.4, 0.5) is 5.69 Å². The van der Waals surface area contributed by atoms with E-state index in [0.717, 1.165) is 44.2 Å². The first-order valence-electron chi connectivity index (χ1n) is 12.2. The summed E-state index contributed by atoms with van der Waals surface area (Å²) in [5.41, 5.74) is 0.695. The zero-order valence-electron chi connectivity index (χ0n) is 19.7. The van der Waals surface area contributed by atoms with E-state index in [1.165, 1.54) is 0 Å². The first kappa shape index (κ1) is 22.9. The number of anilines is 1. The van der Waals surface area contributed by atoms with Gasteiger partial charge in [-0.15, -0.1) is 0 Å². The number of aliphatic hydroxyl groups is 1. The molecule has 6 heteroatoms. The van der Waals surface area contributed by atoms with Crippen LogP contribution in [0.3, 0.4) is 0 Å². The van der Waals surface area contributed by atoms with Gasteiger partial charge in [-0.2, -0.15) is 0 Å². The van der Waals surface area contributed by atoms with E-state index in [1.807, 2.05) is 13.0 Å². The van der Waals surface area contributed by atoms with Gasteiger partial charge in [0.25, 0.3) is 0 Å². The zero-order chi connectivity index (χ0) is 23.8. The number of nitrogens with one attached hydrogen (secondary N) is 1. The molecule has 1 aromatic rings. The van der Waals surface area contributed by atoms with Gasteiger partial charge in [0, 0.05) is 22.7 Å². The van der Waals surface area contributed by atoms with E-state index in [4.69, 9.17) is 11.6 Å². The van der Waals surface area contributed by atoms with Crippen molar-refractivity contribution < 1.29 is 19.8 Å². The average Bonchev–Trinajstić information content (AvgIpc) is 3.17. The van der Waals surface area contributed by atoms with Gasteiger partial charge in [0.05, 0.1) is 11.3 Å². The predicted molar refractivity (Wildman–Crippen MR) is 128 cm³/mol. The number of aliphatic carboxylic acids is 1. The van der Waals surface area contributed by atoms with Crippen molar-refractivity contribution in [2.24, 2.45) is 34.5 Å². The van der Waals surface area contributed by atoms with Crippen LogP contribution in [0.2, 0.25) is 5.02 Å². The Morgan fingerprint density at radius 2 is 1.88 bits per heavy atom. The Bertz CT molecular complexity index is 1050. The molecule has 3 N–H and O–H groups in total. The topological polar surface area (TPSA) is 86.6 Å². The van der Waals surface area contributed by atoms with Gasteiger partial charge < -0.3 is 15.5 Å². The van der Waals surface area contributed by atoms with Crippen molar-refractivity contribution in [3.63, 3.8) is 0 Å². The van der Waals surface area contributed by atoms with Gasteiger partial charge in [-0.3, -0.25) is 9.59 Å². The molecule has 0 spiro atoms. The number of hydrogen-bond acceptors (Lipinski definition) is 4. The lowest BCUT2D eigenvalue weighted by Crippen LogP contribution is -2.54. The van der Waals surface area contributed by atoms with Crippen molar-refractivity contribution in [1.29, 1.82) is 0 Å². The largest absolute Gasteiger partial charge is 0.481 e. The van der Waals surface area contributed by atoms with Crippen LogP contribution in [0.1, 0.15) is 76.1 Å². The summed E-state index contributed by atoms with van der Waals surface area (Å²) < 4.78 is 0. The van der Waals surface area contributed by atoms with Crippen molar-refractivity contribution in [3.05, 3.63) is 40.6 Å². The van der Waals surface area contributed by atoms with Gasteiger partial charge >= 0.3 is 5.97 Å². The lowest BCUT2D eigenvalue weighted by Gasteiger charge is -2.59. The molecule has 1 aliphatic heterocycles. The summed E-state index contributed by atoms with van der Waals surface area (Å²) in [4.78, 5) is 25.0. The SMILES string of the molecule is C[C@]1(C=C2Nc3ccc(Cl)cc3C2=O)[C@@H](CC(=O)O)CC[C@@H]2[C@@H]1CC[C@@]1(C)[C@H]2CC[C@]1(C)O. The molecule has 3 aliphatic carbocycles. The molecule has 0 unspecified atom stereocenters. The summed E-state index contributed by atoms with van der Waals surface area (Å²) in [5.74, 6) is 0.257. The highest BCUT2D eigenvalue weighted by molar-refractivity contribution is 6.32. The first-order chi connectivity index (χ1) is 15.5. The molecule has 1 heterocycles. The Morgan fingerprint density at radius 1 is 1.15 bits per heavy atom. The maximum Gasteiger partial charge on any atom is 0.303 e. The van der Waals surface area contributed by atoms with Crippen molar-refractivity contribution in [1.82, 2.24) is 0 Å². The zero-order valence-corrected chi connectivity index (χ0v) is 20.4. The van der Waals surface area contributed by atoms with Crippen molar-refractivity contribution in [2.75, 3.05) is 5.32 Å². The van der Waals surface area contributed by atoms with Crippen LogP contribution in [0.5, 0.6) is 0 Å². The Labute approximate surface area is 200 Å². The Hall–Kier alpha value is -1.85. The van der Waals surface area contributed by atoms with Crippen molar-refractivity contribution in [3.8, 4) is 0 Å². The van der Waals surface area contributed by atoms with Gasteiger partial charge in [0.15, 0.2) is 0 Å². The minimum absolute atomic E-state index is 0.0306. The maximum absolute atomic E-state index is 13.2.